The van der Waals surface area contributed by atoms with Gasteiger partial charge in [0.15, 0.2) is 6.10 Å². The van der Waals surface area contributed by atoms with Crippen LogP contribution in [0.5, 0.6) is 11.5 Å². The zero-order chi connectivity index (χ0) is 25.9. The third-order valence-electron chi connectivity index (χ3n) is 5.99. The fourth-order valence-corrected chi connectivity index (χ4v) is 5.54. The maximum atomic E-state index is 13.5. The zero-order valence-corrected chi connectivity index (χ0v) is 21.8. The molecule has 1 N–H and O–H groups in total. The molecule has 1 heterocycles. The SMILES string of the molecule is Cc1ccc(S(=O)(=O)N2CC(C(=O)NCCOc3ccccc3C(C)(C)C)Oc3ccccc32)cc1. The van der Waals surface area contributed by atoms with Crippen molar-refractivity contribution >= 4 is 21.6 Å². The van der Waals surface area contributed by atoms with Gasteiger partial charge >= 0.3 is 0 Å². The molecule has 0 saturated carbocycles. The summed E-state index contributed by atoms with van der Waals surface area (Å²) >= 11 is 0. The van der Waals surface area contributed by atoms with Crippen molar-refractivity contribution < 1.29 is 22.7 Å². The van der Waals surface area contributed by atoms with E-state index in [0.717, 1.165) is 16.9 Å². The van der Waals surface area contributed by atoms with E-state index in [-0.39, 0.29) is 30.0 Å². The summed E-state index contributed by atoms with van der Waals surface area (Å²) in [5, 5.41) is 2.82. The van der Waals surface area contributed by atoms with E-state index in [2.05, 4.69) is 26.1 Å². The summed E-state index contributed by atoms with van der Waals surface area (Å²) in [6.45, 7) is 8.64. The highest BCUT2D eigenvalue weighted by molar-refractivity contribution is 7.92. The highest BCUT2D eigenvalue weighted by Crippen LogP contribution is 2.37. The standard InChI is InChI=1S/C28H32N2O5S/c1-20-13-15-21(16-14-20)36(32,33)30-19-26(35-25-12-8-6-10-23(25)30)27(31)29-17-18-34-24-11-7-5-9-22(24)28(2,3)4/h5-16,26H,17-19H2,1-4H3,(H,29,31). The van der Waals surface area contributed by atoms with E-state index in [9.17, 15) is 13.2 Å². The molecule has 3 aromatic carbocycles. The van der Waals surface area contributed by atoms with Gasteiger partial charge < -0.3 is 14.8 Å². The number of nitrogens with one attached hydrogen (secondary N) is 1. The normalized spacial score (nSPS) is 15.6. The molecule has 0 spiro atoms. The number of anilines is 1. The number of amides is 1. The number of carbonyl (C=O) groups is 1. The predicted octanol–water partition coefficient (Wildman–Crippen LogP) is 4.44. The Labute approximate surface area is 213 Å². The first-order chi connectivity index (χ1) is 17.1. The van der Waals surface area contributed by atoms with Crippen LogP contribution in [0.4, 0.5) is 5.69 Å². The van der Waals surface area contributed by atoms with Crippen LogP contribution in [0.15, 0.2) is 77.7 Å². The monoisotopic (exact) mass is 508 g/mol. The number of nitrogens with zero attached hydrogens (tertiary/aromatic N) is 1. The minimum atomic E-state index is -3.89. The van der Waals surface area contributed by atoms with Crippen LogP contribution < -0.4 is 19.1 Å². The second-order valence-electron chi connectivity index (χ2n) is 9.81. The summed E-state index contributed by atoms with van der Waals surface area (Å²) in [5.74, 6) is 0.716. The highest BCUT2D eigenvalue weighted by atomic mass is 32.2. The molecule has 190 valence electrons. The molecule has 0 radical (unpaired) electrons. The molecule has 0 aromatic heterocycles. The number of sulfonamides is 1. The quantitative estimate of drug-likeness (QED) is 0.477. The Kier molecular flexibility index (Phi) is 7.26. The Bertz CT molecular complexity index is 1330. The smallest absolute Gasteiger partial charge is 0.264 e. The van der Waals surface area contributed by atoms with Gasteiger partial charge in [-0.3, -0.25) is 9.10 Å². The van der Waals surface area contributed by atoms with Gasteiger partial charge in [0.2, 0.25) is 0 Å². The number of ether oxygens (including phenoxy) is 2. The van der Waals surface area contributed by atoms with Crippen LogP contribution in [0.2, 0.25) is 0 Å². The maximum Gasteiger partial charge on any atom is 0.264 e. The number of para-hydroxylation sites is 3. The number of carbonyl (C=O) groups excluding carboxylic acids is 1. The molecule has 1 aliphatic heterocycles. The van der Waals surface area contributed by atoms with Gasteiger partial charge in [-0.1, -0.05) is 68.8 Å². The summed E-state index contributed by atoms with van der Waals surface area (Å²) in [4.78, 5) is 13.1. The lowest BCUT2D eigenvalue weighted by Gasteiger charge is -2.34. The summed E-state index contributed by atoms with van der Waals surface area (Å²) in [5.41, 5.74) is 2.38. The van der Waals surface area contributed by atoms with Crippen molar-refractivity contribution in [3.8, 4) is 11.5 Å². The van der Waals surface area contributed by atoms with Gasteiger partial charge in [0.1, 0.15) is 18.1 Å². The molecule has 36 heavy (non-hydrogen) atoms. The van der Waals surface area contributed by atoms with Gasteiger partial charge in [-0.15, -0.1) is 0 Å². The Morgan fingerprint density at radius 1 is 1.03 bits per heavy atom. The zero-order valence-electron chi connectivity index (χ0n) is 21.0. The minimum absolute atomic E-state index is 0.0738. The third-order valence-corrected chi connectivity index (χ3v) is 7.78. The van der Waals surface area contributed by atoms with E-state index in [1.165, 1.54) is 4.31 Å². The molecule has 7 nitrogen and oxygen atoms in total. The van der Waals surface area contributed by atoms with Gasteiger partial charge in [0.05, 0.1) is 23.7 Å². The fourth-order valence-electron chi connectivity index (χ4n) is 4.07. The number of benzene rings is 3. The number of rotatable bonds is 7. The number of aryl methyl sites for hydroxylation is 1. The van der Waals surface area contributed by atoms with E-state index < -0.39 is 22.0 Å². The van der Waals surface area contributed by atoms with Crippen molar-refractivity contribution in [1.82, 2.24) is 5.32 Å². The molecule has 1 amide bonds. The molecule has 1 unspecified atom stereocenters. The van der Waals surface area contributed by atoms with Gasteiger partial charge in [-0.2, -0.15) is 0 Å². The number of hydrogen-bond donors (Lipinski definition) is 1. The highest BCUT2D eigenvalue weighted by Gasteiger charge is 2.37. The summed E-state index contributed by atoms with van der Waals surface area (Å²) in [6, 6.07) is 21.3. The third kappa shape index (κ3) is 5.49. The van der Waals surface area contributed by atoms with Crippen LogP contribution in [0.3, 0.4) is 0 Å². The van der Waals surface area contributed by atoms with Crippen LogP contribution >= 0.6 is 0 Å². The lowest BCUT2D eigenvalue weighted by molar-refractivity contribution is -0.127. The lowest BCUT2D eigenvalue weighted by atomic mass is 9.86. The van der Waals surface area contributed by atoms with Crippen molar-refractivity contribution in [2.24, 2.45) is 0 Å². The molecular formula is C28H32N2O5S. The van der Waals surface area contributed by atoms with Gasteiger partial charge in [-0.05, 0) is 48.2 Å². The Balaban J connectivity index is 1.45. The number of hydrogen-bond acceptors (Lipinski definition) is 5. The molecule has 3 aromatic rings. The van der Waals surface area contributed by atoms with Crippen molar-refractivity contribution in [2.75, 3.05) is 24.0 Å². The number of fused-ring (bicyclic) bond motifs is 1. The second-order valence-corrected chi connectivity index (χ2v) is 11.7. The first-order valence-electron chi connectivity index (χ1n) is 11.9. The summed E-state index contributed by atoms with van der Waals surface area (Å²) in [7, 11) is -3.89. The van der Waals surface area contributed by atoms with Crippen LogP contribution in [-0.4, -0.2) is 40.1 Å². The van der Waals surface area contributed by atoms with Crippen LogP contribution in [0, 0.1) is 6.92 Å². The Morgan fingerprint density at radius 3 is 2.42 bits per heavy atom. The van der Waals surface area contributed by atoms with Gasteiger partial charge in [-0.25, -0.2) is 8.42 Å². The van der Waals surface area contributed by atoms with E-state index in [4.69, 9.17) is 9.47 Å². The lowest BCUT2D eigenvalue weighted by Crippen LogP contribution is -2.51. The molecule has 0 fully saturated rings. The molecule has 1 aliphatic rings. The Hall–Kier alpha value is -3.52. The van der Waals surface area contributed by atoms with Crippen molar-refractivity contribution in [2.45, 2.75) is 44.1 Å². The average molecular weight is 509 g/mol. The summed E-state index contributed by atoms with van der Waals surface area (Å²) in [6.07, 6.45) is -0.998. The average Bonchev–Trinajstić information content (AvgIpc) is 2.85. The second kappa shape index (κ2) is 10.2. The minimum Gasteiger partial charge on any atom is -0.491 e. The molecule has 8 heteroatoms. The first kappa shape index (κ1) is 25.6. The molecule has 4 rings (SSSR count). The molecular weight excluding hydrogens is 476 g/mol. The molecule has 0 aliphatic carbocycles. The van der Waals surface area contributed by atoms with E-state index in [1.54, 1.807) is 48.5 Å². The van der Waals surface area contributed by atoms with Crippen molar-refractivity contribution in [1.29, 1.82) is 0 Å². The van der Waals surface area contributed by atoms with Crippen LogP contribution in [0.1, 0.15) is 31.9 Å². The Morgan fingerprint density at radius 2 is 1.69 bits per heavy atom. The molecule has 0 saturated heterocycles. The van der Waals surface area contributed by atoms with Crippen molar-refractivity contribution in [3.63, 3.8) is 0 Å². The van der Waals surface area contributed by atoms with Gasteiger partial charge in [0.25, 0.3) is 15.9 Å². The van der Waals surface area contributed by atoms with Crippen LogP contribution in [0.25, 0.3) is 0 Å². The summed E-state index contributed by atoms with van der Waals surface area (Å²) < 4.78 is 40.0. The van der Waals surface area contributed by atoms with E-state index in [1.807, 2.05) is 31.2 Å². The largest absolute Gasteiger partial charge is 0.491 e. The van der Waals surface area contributed by atoms with E-state index in [0.29, 0.717) is 11.4 Å². The topological polar surface area (TPSA) is 84.9 Å². The van der Waals surface area contributed by atoms with Crippen LogP contribution in [-0.2, 0) is 20.2 Å². The first-order valence-corrected chi connectivity index (χ1v) is 13.4. The van der Waals surface area contributed by atoms with Gasteiger partial charge in [0, 0.05) is 0 Å². The van der Waals surface area contributed by atoms with Crippen molar-refractivity contribution in [3.05, 3.63) is 83.9 Å². The van der Waals surface area contributed by atoms with E-state index >= 15 is 0 Å². The predicted molar refractivity (Wildman–Crippen MR) is 140 cm³/mol. The maximum absolute atomic E-state index is 13.5. The molecule has 1 atom stereocenters. The fraction of sp³-hybridized carbons (Fsp3) is 0.321. The molecule has 0 bridgehead atoms.